The van der Waals surface area contributed by atoms with Crippen LogP contribution in [0, 0.1) is 0 Å². The van der Waals surface area contributed by atoms with Gasteiger partial charge < -0.3 is 5.73 Å². The number of tetrazole rings is 1. The summed E-state index contributed by atoms with van der Waals surface area (Å²) in [7, 11) is -0.877. The first-order valence-corrected chi connectivity index (χ1v) is 8.13. The smallest absolute Gasteiger partial charge is 0.182 e. The fourth-order valence-corrected chi connectivity index (χ4v) is 2.64. The number of nitrogen functional groups attached to an aromatic ring is 1. The minimum atomic E-state index is -0.877. The first kappa shape index (κ1) is 15.2. The highest BCUT2D eigenvalue weighted by Crippen LogP contribution is 2.32. The molecule has 0 aliphatic heterocycles. The molecule has 108 valence electrons. The maximum absolute atomic E-state index is 11.5. The molecule has 0 spiro atoms. The molecule has 9 heteroatoms. The van der Waals surface area contributed by atoms with Gasteiger partial charge >= 0.3 is 0 Å². The molecular weight excluding hydrogens is 321 g/mol. The van der Waals surface area contributed by atoms with Gasteiger partial charge in [0.05, 0.1) is 22.3 Å². The second-order valence-electron chi connectivity index (χ2n) is 4.02. The van der Waals surface area contributed by atoms with Gasteiger partial charge in [0, 0.05) is 27.9 Å². The Kier molecular flexibility index (Phi) is 4.95. The third kappa shape index (κ3) is 3.28. The first-order chi connectivity index (χ1) is 9.52. The summed E-state index contributed by atoms with van der Waals surface area (Å²) in [5.74, 6) is 1.62. The Hall–Kier alpha value is -1.18. The summed E-state index contributed by atoms with van der Waals surface area (Å²) < 4.78 is 13.1. The van der Waals surface area contributed by atoms with E-state index in [9.17, 15) is 4.21 Å². The van der Waals surface area contributed by atoms with Crippen LogP contribution in [-0.4, -0.2) is 35.9 Å². The zero-order chi connectivity index (χ0) is 14.7. The summed E-state index contributed by atoms with van der Waals surface area (Å²) in [5, 5.41) is 12.1. The van der Waals surface area contributed by atoms with Crippen LogP contribution in [-0.2, 0) is 17.3 Å². The minimum absolute atomic E-state index is 0.307. The molecule has 0 saturated heterocycles. The van der Waals surface area contributed by atoms with E-state index in [4.69, 9.17) is 28.9 Å². The molecule has 1 aromatic heterocycles. The lowest BCUT2D eigenvalue weighted by Gasteiger charge is -2.07. The van der Waals surface area contributed by atoms with Gasteiger partial charge in [-0.05, 0) is 22.6 Å². The highest BCUT2D eigenvalue weighted by molar-refractivity contribution is 7.84. The van der Waals surface area contributed by atoms with Crippen molar-refractivity contribution in [3.63, 3.8) is 0 Å². The number of halogens is 2. The van der Waals surface area contributed by atoms with E-state index >= 15 is 0 Å². The largest absolute Gasteiger partial charge is 0.397 e. The van der Waals surface area contributed by atoms with E-state index in [0.29, 0.717) is 45.2 Å². The van der Waals surface area contributed by atoms with E-state index in [1.54, 1.807) is 16.8 Å². The minimum Gasteiger partial charge on any atom is -0.397 e. The lowest BCUT2D eigenvalue weighted by Crippen LogP contribution is -2.11. The number of benzene rings is 1. The zero-order valence-corrected chi connectivity index (χ0v) is 13.0. The molecule has 0 aliphatic carbocycles. The topological polar surface area (TPSA) is 86.7 Å². The van der Waals surface area contributed by atoms with E-state index in [1.165, 1.54) is 0 Å². The first-order valence-electron chi connectivity index (χ1n) is 5.89. The van der Waals surface area contributed by atoms with Gasteiger partial charge in [0.1, 0.15) is 0 Å². The van der Waals surface area contributed by atoms with Gasteiger partial charge in [-0.25, -0.2) is 4.68 Å². The predicted octanol–water partition coefficient (Wildman–Crippen LogP) is 2.00. The number of anilines is 1. The summed E-state index contributed by atoms with van der Waals surface area (Å²) in [6.45, 7) is 2.33. The third-order valence-electron chi connectivity index (χ3n) is 2.70. The molecule has 6 nitrogen and oxygen atoms in total. The van der Waals surface area contributed by atoms with Gasteiger partial charge in [0.25, 0.3) is 0 Å². The van der Waals surface area contributed by atoms with Crippen LogP contribution in [0.2, 0.25) is 10.0 Å². The van der Waals surface area contributed by atoms with Crippen molar-refractivity contribution in [2.24, 2.45) is 0 Å². The molecule has 0 saturated carbocycles. The van der Waals surface area contributed by atoms with Gasteiger partial charge in [-0.2, -0.15) is 0 Å². The number of nitrogens with zero attached hydrogens (tertiary/aromatic N) is 4. The van der Waals surface area contributed by atoms with Gasteiger partial charge in [0.2, 0.25) is 0 Å². The fraction of sp³-hybridized carbons (Fsp3) is 0.364. The van der Waals surface area contributed by atoms with E-state index in [2.05, 4.69) is 15.5 Å². The van der Waals surface area contributed by atoms with Gasteiger partial charge in [0.15, 0.2) is 5.82 Å². The lowest BCUT2D eigenvalue weighted by molar-refractivity contribution is 0.624. The SMILES string of the molecule is CCS(=O)CCn1nnnc1-c1cc(N)c(Cl)c(Cl)c1. The molecule has 0 bridgehead atoms. The monoisotopic (exact) mass is 333 g/mol. The molecule has 0 aliphatic rings. The number of rotatable bonds is 5. The van der Waals surface area contributed by atoms with Gasteiger partial charge in [-0.15, -0.1) is 5.10 Å². The summed E-state index contributed by atoms with van der Waals surface area (Å²) in [5.41, 5.74) is 6.81. The zero-order valence-electron chi connectivity index (χ0n) is 10.7. The number of hydrogen-bond donors (Lipinski definition) is 1. The molecule has 2 aromatic rings. The van der Waals surface area contributed by atoms with Crippen molar-refractivity contribution < 1.29 is 4.21 Å². The average molecular weight is 334 g/mol. The average Bonchev–Trinajstić information content (AvgIpc) is 2.89. The second-order valence-corrected chi connectivity index (χ2v) is 6.67. The van der Waals surface area contributed by atoms with Crippen molar-refractivity contribution in [3.8, 4) is 11.4 Å². The molecule has 2 rings (SSSR count). The summed E-state index contributed by atoms with van der Waals surface area (Å²) in [6.07, 6.45) is 0. The molecule has 1 unspecified atom stereocenters. The number of hydrogen-bond acceptors (Lipinski definition) is 5. The lowest BCUT2D eigenvalue weighted by atomic mass is 10.2. The van der Waals surface area contributed by atoms with Crippen LogP contribution in [0.15, 0.2) is 12.1 Å². The Bertz CT molecular complexity index is 622. The van der Waals surface area contributed by atoms with Crippen molar-refractivity contribution in [3.05, 3.63) is 22.2 Å². The van der Waals surface area contributed by atoms with Crippen molar-refractivity contribution in [2.75, 3.05) is 17.2 Å². The number of aromatic nitrogens is 4. The van der Waals surface area contributed by atoms with Crippen molar-refractivity contribution in [1.82, 2.24) is 20.2 Å². The highest BCUT2D eigenvalue weighted by atomic mass is 35.5. The van der Waals surface area contributed by atoms with Crippen LogP contribution >= 0.6 is 23.2 Å². The van der Waals surface area contributed by atoms with Crippen molar-refractivity contribution >= 4 is 39.7 Å². The van der Waals surface area contributed by atoms with Crippen LogP contribution in [0.1, 0.15) is 6.92 Å². The third-order valence-corrected chi connectivity index (χ3v) is 4.80. The summed E-state index contributed by atoms with van der Waals surface area (Å²) in [4.78, 5) is 0. The predicted molar refractivity (Wildman–Crippen MR) is 81.2 cm³/mol. The van der Waals surface area contributed by atoms with Crippen LogP contribution in [0.25, 0.3) is 11.4 Å². The molecule has 0 fully saturated rings. The van der Waals surface area contributed by atoms with E-state index < -0.39 is 10.8 Å². The Morgan fingerprint density at radius 3 is 2.80 bits per heavy atom. The van der Waals surface area contributed by atoms with Crippen LogP contribution < -0.4 is 5.73 Å². The summed E-state index contributed by atoms with van der Waals surface area (Å²) >= 11 is 11.9. The van der Waals surface area contributed by atoms with E-state index in [-0.39, 0.29) is 0 Å². The molecule has 0 radical (unpaired) electrons. The Morgan fingerprint density at radius 1 is 1.40 bits per heavy atom. The van der Waals surface area contributed by atoms with Crippen LogP contribution in [0.4, 0.5) is 5.69 Å². The molecule has 1 aromatic carbocycles. The quantitative estimate of drug-likeness (QED) is 0.845. The normalized spacial score (nSPS) is 12.6. The van der Waals surface area contributed by atoms with Crippen molar-refractivity contribution in [1.29, 1.82) is 0 Å². The highest BCUT2D eigenvalue weighted by Gasteiger charge is 2.13. The number of nitrogens with two attached hydrogens (primary N) is 1. The van der Waals surface area contributed by atoms with Gasteiger partial charge in [-0.3, -0.25) is 4.21 Å². The standard InChI is InChI=1S/C11H13Cl2N5OS/c1-2-20(19)4-3-18-11(15-16-17-18)7-5-8(12)10(13)9(14)6-7/h5-6H,2-4,14H2,1H3. The Morgan fingerprint density at radius 2 is 2.15 bits per heavy atom. The molecule has 1 atom stereocenters. The molecule has 0 amide bonds. The maximum atomic E-state index is 11.5. The molecular formula is C11H13Cl2N5OS. The summed E-state index contributed by atoms with van der Waals surface area (Å²) in [6, 6.07) is 3.31. The van der Waals surface area contributed by atoms with E-state index in [0.717, 1.165) is 0 Å². The van der Waals surface area contributed by atoms with Crippen LogP contribution in [0.3, 0.4) is 0 Å². The molecule has 2 N–H and O–H groups in total. The van der Waals surface area contributed by atoms with E-state index in [1.807, 2.05) is 6.92 Å². The number of aryl methyl sites for hydroxylation is 1. The van der Waals surface area contributed by atoms with Crippen molar-refractivity contribution in [2.45, 2.75) is 13.5 Å². The van der Waals surface area contributed by atoms with Gasteiger partial charge in [-0.1, -0.05) is 30.1 Å². The Labute approximate surface area is 128 Å². The fourth-order valence-electron chi connectivity index (χ4n) is 1.63. The maximum Gasteiger partial charge on any atom is 0.182 e. The Balaban J connectivity index is 2.30. The second kappa shape index (κ2) is 6.51. The molecule has 1 heterocycles. The van der Waals surface area contributed by atoms with Crippen LogP contribution in [0.5, 0.6) is 0 Å². The molecule has 20 heavy (non-hydrogen) atoms.